The average molecular weight is 411 g/mol. The minimum atomic E-state index is -0.726. The van der Waals surface area contributed by atoms with Gasteiger partial charge >= 0.3 is 5.69 Å². The smallest absolute Gasteiger partial charge is 0.330 e. The lowest BCUT2D eigenvalue weighted by Gasteiger charge is -2.24. The number of nitrogens with one attached hydrogen (secondary N) is 1. The lowest BCUT2D eigenvalue weighted by molar-refractivity contribution is 0.0971. The lowest BCUT2D eigenvalue weighted by Crippen LogP contribution is -2.42. The number of rotatable bonds is 8. The topological polar surface area (TPSA) is 123 Å². The van der Waals surface area contributed by atoms with Crippen LogP contribution in [0.2, 0.25) is 0 Å². The number of carbonyl (C=O) groups is 1. The fraction of sp³-hybridized carbons (Fsp3) is 0.333. The number of carbonyl (C=O) groups excluding carboxylic acids is 1. The summed E-state index contributed by atoms with van der Waals surface area (Å²) in [6.45, 7) is 2.56. The van der Waals surface area contributed by atoms with Crippen molar-refractivity contribution in [3.63, 3.8) is 0 Å². The number of unbranched alkanes of at least 4 members (excludes halogenated alkanes) is 1. The maximum absolute atomic E-state index is 13.3. The first-order chi connectivity index (χ1) is 14.5. The number of pyridine rings is 1. The molecule has 3 N–H and O–H groups in total. The Kier molecular flexibility index (Phi) is 6.63. The molecule has 0 aliphatic heterocycles. The van der Waals surface area contributed by atoms with Crippen LogP contribution in [-0.2, 0) is 11.3 Å². The van der Waals surface area contributed by atoms with Gasteiger partial charge in [-0.1, -0.05) is 37.6 Å². The Hall–Kier alpha value is -3.46. The van der Waals surface area contributed by atoms with Crippen LogP contribution in [0, 0.1) is 0 Å². The van der Waals surface area contributed by atoms with Crippen molar-refractivity contribution >= 4 is 28.3 Å². The molecule has 3 rings (SSSR count). The van der Waals surface area contributed by atoms with E-state index in [0.29, 0.717) is 18.5 Å². The van der Waals surface area contributed by atoms with Crippen LogP contribution in [0.4, 0.5) is 11.5 Å². The summed E-state index contributed by atoms with van der Waals surface area (Å²) in [6.07, 6.45) is 1.54. The minimum Gasteiger partial charge on any atom is -0.383 e. The first-order valence-electron chi connectivity index (χ1n) is 9.77. The van der Waals surface area contributed by atoms with E-state index in [1.807, 2.05) is 25.1 Å². The predicted octanol–water partition coefficient (Wildman–Crippen LogP) is 1.76. The van der Waals surface area contributed by atoms with Crippen LogP contribution in [0.3, 0.4) is 0 Å². The van der Waals surface area contributed by atoms with Crippen LogP contribution in [0.25, 0.3) is 10.9 Å². The number of ether oxygens (including phenoxy) is 1. The number of aromatic nitrogens is 3. The number of anilines is 2. The van der Waals surface area contributed by atoms with Crippen molar-refractivity contribution < 1.29 is 9.53 Å². The van der Waals surface area contributed by atoms with Gasteiger partial charge < -0.3 is 10.5 Å². The molecule has 3 aromatic rings. The molecule has 0 spiro atoms. The quantitative estimate of drug-likeness (QED) is 0.582. The van der Waals surface area contributed by atoms with Crippen LogP contribution in [-0.4, -0.2) is 40.7 Å². The van der Waals surface area contributed by atoms with Crippen LogP contribution < -0.4 is 21.9 Å². The number of hydrogen-bond acceptors (Lipinski definition) is 6. The number of methoxy groups -OCH3 is 1. The Balaban J connectivity index is 2.10. The molecule has 30 heavy (non-hydrogen) atoms. The summed E-state index contributed by atoms with van der Waals surface area (Å²) >= 11 is 0. The van der Waals surface area contributed by atoms with Crippen LogP contribution in [0.1, 0.15) is 30.3 Å². The molecule has 9 heteroatoms. The first-order valence-corrected chi connectivity index (χ1v) is 9.77. The van der Waals surface area contributed by atoms with E-state index in [-0.39, 0.29) is 30.4 Å². The maximum Gasteiger partial charge on any atom is 0.330 e. The number of nitrogens with two attached hydrogens (primary N) is 1. The molecule has 1 aromatic carbocycles. The van der Waals surface area contributed by atoms with E-state index < -0.39 is 17.2 Å². The van der Waals surface area contributed by atoms with Gasteiger partial charge in [0.05, 0.1) is 12.1 Å². The molecule has 0 fully saturated rings. The van der Waals surface area contributed by atoms with E-state index >= 15 is 0 Å². The van der Waals surface area contributed by atoms with Gasteiger partial charge in [-0.05, 0) is 18.6 Å². The van der Waals surface area contributed by atoms with Crippen LogP contribution in [0.5, 0.6) is 0 Å². The van der Waals surface area contributed by atoms with Gasteiger partial charge in [0, 0.05) is 25.6 Å². The SMILES string of the molecule is CCCCn1c(N)c(N(CCOC)C(=O)c2ccc3ccccc3n2)c(=O)[nH]c1=O. The number of nitrogens with zero attached hydrogens (tertiary/aromatic N) is 3. The number of benzene rings is 1. The molecular weight excluding hydrogens is 386 g/mol. The summed E-state index contributed by atoms with van der Waals surface area (Å²) in [4.78, 5) is 46.1. The van der Waals surface area contributed by atoms with E-state index in [1.54, 1.807) is 18.2 Å². The highest BCUT2D eigenvalue weighted by molar-refractivity contribution is 6.07. The minimum absolute atomic E-state index is 0.0533. The zero-order chi connectivity index (χ0) is 21.7. The zero-order valence-electron chi connectivity index (χ0n) is 17.1. The van der Waals surface area contributed by atoms with Gasteiger partial charge in [0.1, 0.15) is 11.5 Å². The Morgan fingerprint density at radius 3 is 2.73 bits per heavy atom. The highest BCUT2D eigenvalue weighted by Gasteiger charge is 2.26. The molecule has 9 nitrogen and oxygen atoms in total. The molecule has 0 aliphatic rings. The molecule has 0 bridgehead atoms. The number of nitrogen functional groups attached to an aromatic ring is 1. The number of hydrogen-bond donors (Lipinski definition) is 2. The molecule has 0 unspecified atom stereocenters. The highest BCUT2D eigenvalue weighted by Crippen LogP contribution is 2.20. The van der Waals surface area contributed by atoms with Gasteiger partial charge in [-0.3, -0.25) is 24.0 Å². The van der Waals surface area contributed by atoms with Gasteiger partial charge in [-0.2, -0.15) is 0 Å². The van der Waals surface area contributed by atoms with E-state index in [2.05, 4.69) is 9.97 Å². The van der Waals surface area contributed by atoms with Crippen molar-refractivity contribution in [3.8, 4) is 0 Å². The molecular formula is C21H25N5O4. The highest BCUT2D eigenvalue weighted by atomic mass is 16.5. The molecule has 0 saturated heterocycles. The molecule has 2 aromatic heterocycles. The van der Waals surface area contributed by atoms with Crippen molar-refractivity contribution in [3.05, 3.63) is 62.9 Å². The maximum atomic E-state index is 13.3. The van der Waals surface area contributed by atoms with Crippen LogP contribution in [0.15, 0.2) is 46.0 Å². The van der Waals surface area contributed by atoms with Crippen LogP contribution >= 0.6 is 0 Å². The molecule has 1 amide bonds. The van der Waals surface area contributed by atoms with E-state index in [9.17, 15) is 14.4 Å². The second-order valence-corrected chi connectivity index (χ2v) is 6.84. The molecule has 2 heterocycles. The van der Waals surface area contributed by atoms with Gasteiger partial charge in [0.25, 0.3) is 11.5 Å². The Labute approximate surface area is 173 Å². The Morgan fingerprint density at radius 2 is 2.00 bits per heavy atom. The largest absolute Gasteiger partial charge is 0.383 e. The van der Waals surface area contributed by atoms with Crippen molar-refractivity contribution in [1.82, 2.24) is 14.5 Å². The summed E-state index contributed by atoms with van der Waals surface area (Å²) in [7, 11) is 1.49. The number of amides is 1. The summed E-state index contributed by atoms with van der Waals surface area (Å²) in [5.74, 6) is -0.557. The summed E-state index contributed by atoms with van der Waals surface area (Å²) in [5, 5.41) is 0.892. The number of para-hydroxylation sites is 1. The van der Waals surface area contributed by atoms with Crippen molar-refractivity contribution in [2.75, 3.05) is 30.9 Å². The van der Waals surface area contributed by atoms with Crippen molar-refractivity contribution in [2.45, 2.75) is 26.3 Å². The van der Waals surface area contributed by atoms with Gasteiger partial charge in [0.2, 0.25) is 0 Å². The second-order valence-electron chi connectivity index (χ2n) is 6.84. The average Bonchev–Trinajstić information content (AvgIpc) is 2.75. The molecule has 0 radical (unpaired) electrons. The Morgan fingerprint density at radius 1 is 1.23 bits per heavy atom. The number of fused-ring (bicyclic) bond motifs is 1. The third-order valence-corrected chi connectivity index (χ3v) is 4.80. The normalized spacial score (nSPS) is 11.0. The number of aromatic amines is 1. The van der Waals surface area contributed by atoms with Gasteiger partial charge in [-0.25, -0.2) is 9.78 Å². The molecule has 0 atom stereocenters. The predicted molar refractivity (Wildman–Crippen MR) is 116 cm³/mol. The Bertz CT molecular complexity index is 1170. The zero-order valence-corrected chi connectivity index (χ0v) is 17.1. The first kappa shape index (κ1) is 21.3. The van der Waals surface area contributed by atoms with Crippen molar-refractivity contribution in [2.24, 2.45) is 0 Å². The summed E-state index contributed by atoms with van der Waals surface area (Å²) in [6, 6.07) is 10.8. The second kappa shape index (κ2) is 9.36. The lowest BCUT2D eigenvalue weighted by atomic mass is 10.2. The van der Waals surface area contributed by atoms with Gasteiger partial charge in [-0.15, -0.1) is 0 Å². The summed E-state index contributed by atoms with van der Waals surface area (Å²) < 4.78 is 6.39. The standard InChI is InChI=1S/C21H25N5O4/c1-3-4-11-26-18(22)17(19(27)24-21(26)29)25(12-13-30-2)20(28)16-10-9-14-7-5-6-8-15(14)23-16/h5-10H,3-4,11-13,22H2,1-2H3,(H,24,27,29). The van der Waals surface area contributed by atoms with E-state index in [1.165, 1.54) is 16.6 Å². The number of H-pyrrole nitrogens is 1. The fourth-order valence-corrected chi connectivity index (χ4v) is 3.20. The molecule has 0 saturated carbocycles. The van der Waals surface area contributed by atoms with E-state index in [4.69, 9.17) is 10.5 Å². The third kappa shape index (κ3) is 4.25. The molecule has 0 aliphatic carbocycles. The molecule has 158 valence electrons. The summed E-state index contributed by atoms with van der Waals surface area (Å²) in [5.41, 5.74) is 5.61. The third-order valence-electron chi connectivity index (χ3n) is 4.80. The van der Waals surface area contributed by atoms with Gasteiger partial charge in [0.15, 0.2) is 5.69 Å². The fourth-order valence-electron chi connectivity index (χ4n) is 3.20. The van der Waals surface area contributed by atoms with Crippen molar-refractivity contribution in [1.29, 1.82) is 0 Å². The van der Waals surface area contributed by atoms with E-state index in [0.717, 1.165) is 11.8 Å². The monoisotopic (exact) mass is 411 g/mol.